The molecule has 140 valence electrons. The molecular formula is C23H27N3O. The van der Waals surface area contributed by atoms with Crippen molar-refractivity contribution in [3.63, 3.8) is 0 Å². The fourth-order valence-corrected chi connectivity index (χ4v) is 4.16. The van der Waals surface area contributed by atoms with Gasteiger partial charge in [0.15, 0.2) is 0 Å². The first-order chi connectivity index (χ1) is 13.1. The maximum absolute atomic E-state index is 13.2. The number of carbonyl (C=O) groups excluding carboxylic acids is 1. The van der Waals surface area contributed by atoms with E-state index < -0.39 is 0 Å². The van der Waals surface area contributed by atoms with Crippen molar-refractivity contribution < 1.29 is 4.79 Å². The Hall–Kier alpha value is -2.75. The van der Waals surface area contributed by atoms with E-state index in [1.165, 1.54) is 16.6 Å². The van der Waals surface area contributed by atoms with Gasteiger partial charge in [0.2, 0.25) is 5.91 Å². The Labute approximate surface area is 161 Å². The smallest absolute Gasteiger partial charge is 0.229 e. The predicted octanol–water partition coefficient (Wildman–Crippen LogP) is 4.02. The van der Waals surface area contributed by atoms with Gasteiger partial charge in [0.1, 0.15) is 0 Å². The molecular weight excluding hydrogens is 334 g/mol. The number of anilines is 1. The van der Waals surface area contributed by atoms with Crippen molar-refractivity contribution in [2.75, 3.05) is 31.1 Å². The summed E-state index contributed by atoms with van der Waals surface area (Å²) in [7, 11) is 2.05. The van der Waals surface area contributed by atoms with E-state index in [1.54, 1.807) is 0 Å². The molecule has 2 heterocycles. The van der Waals surface area contributed by atoms with E-state index in [4.69, 9.17) is 0 Å². The standard InChI is InChI=1S/C23H27N3O/c1-18(21-17-24(2)22-12-7-6-11-20(21)22)23(27)26-14-8-13-25(15-16-26)19-9-4-3-5-10-19/h3-7,9-12,17-18H,8,13-16H2,1-2H3. The Balaban J connectivity index is 1.50. The molecule has 4 nitrogen and oxygen atoms in total. The first-order valence-corrected chi connectivity index (χ1v) is 9.78. The van der Waals surface area contributed by atoms with Crippen LogP contribution in [0.5, 0.6) is 0 Å². The monoisotopic (exact) mass is 361 g/mol. The van der Waals surface area contributed by atoms with E-state index in [2.05, 4.69) is 57.0 Å². The number of hydrogen-bond donors (Lipinski definition) is 0. The molecule has 0 aliphatic carbocycles. The van der Waals surface area contributed by atoms with E-state index in [-0.39, 0.29) is 11.8 Å². The zero-order valence-corrected chi connectivity index (χ0v) is 16.1. The van der Waals surface area contributed by atoms with E-state index in [1.807, 2.05) is 32.2 Å². The summed E-state index contributed by atoms with van der Waals surface area (Å²) >= 11 is 0. The van der Waals surface area contributed by atoms with Gasteiger partial charge >= 0.3 is 0 Å². The van der Waals surface area contributed by atoms with Gasteiger partial charge in [-0.2, -0.15) is 0 Å². The van der Waals surface area contributed by atoms with Crippen LogP contribution in [0.2, 0.25) is 0 Å². The van der Waals surface area contributed by atoms with Crippen LogP contribution in [0.3, 0.4) is 0 Å². The van der Waals surface area contributed by atoms with Crippen molar-refractivity contribution in [1.82, 2.24) is 9.47 Å². The highest BCUT2D eigenvalue weighted by molar-refractivity contribution is 5.92. The van der Waals surface area contributed by atoms with Gasteiger partial charge < -0.3 is 14.4 Å². The Kier molecular flexibility index (Phi) is 4.88. The van der Waals surface area contributed by atoms with Crippen LogP contribution in [-0.4, -0.2) is 41.6 Å². The Morgan fingerprint density at radius 3 is 2.48 bits per heavy atom. The third-order valence-electron chi connectivity index (χ3n) is 5.69. The Morgan fingerprint density at radius 1 is 0.926 bits per heavy atom. The van der Waals surface area contributed by atoms with Crippen LogP contribution in [0.4, 0.5) is 5.69 Å². The maximum Gasteiger partial charge on any atom is 0.229 e. The van der Waals surface area contributed by atoms with Crippen LogP contribution in [-0.2, 0) is 11.8 Å². The van der Waals surface area contributed by atoms with E-state index in [0.29, 0.717) is 0 Å². The zero-order valence-electron chi connectivity index (χ0n) is 16.1. The minimum Gasteiger partial charge on any atom is -0.370 e. The third-order valence-corrected chi connectivity index (χ3v) is 5.69. The number of aromatic nitrogens is 1. The lowest BCUT2D eigenvalue weighted by Gasteiger charge is -2.25. The lowest BCUT2D eigenvalue weighted by atomic mass is 9.99. The van der Waals surface area contributed by atoms with Gasteiger partial charge in [-0.25, -0.2) is 0 Å². The first kappa shape index (κ1) is 17.7. The second kappa shape index (κ2) is 7.47. The molecule has 1 aliphatic rings. The molecule has 0 spiro atoms. The largest absolute Gasteiger partial charge is 0.370 e. The highest BCUT2D eigenvalue weighted by Gasteiger charge is 2.26. The predicted molar refractivity (Wildman–Crippen MR) is 111 cm³/mol. The summed E-state index contributed by atoms with van der Waals surface area (Å²) in [6.07, 6.45) is 3.12. The average molecular weight is 361 g/mol. The summed E-state index contributed by atoms with van der Waals surface area (Å²) in [5.41, 5.74) is 3.55. The number of nitrogens with zero attached hydrogens (tertiary/aromatic N) is 3. The van der Waals surface area contributed by atoms with Crippen LogP contribution < -0.4 is 4.90 Å². The molecule has 1 atom stereocenters. The van der Waals surface area contributed by atoms with Crippen molar-refractivity contribution in [3.05, 3.63) is 66.4 Å². The number of fused-ring (bicyclic) bond motifs is 1. The molecule has 1 amide bonds. The normalized spacial score (nSPS) is 16.4. The summed E-state index contributed by atoms with van der Waals surface area (Å²) < 4.78 is 2.12. The second-order valence-corrected chi connectivity index (χ2v) is 7.44. The minimum atomic E-state index is -0.126. The highest BCUT2D eigenvalue weighted by Crippen LogP contribution is 2.29. The Morgan fingerprint density at radius 2 is 1.67 bits per heavy atom. The number of rotatable bonds is 3. The summed E-state index contributed by atoms with van der Waals surface area (Å²) in [5, 5.41) is 1.18. The number of amides is 1. The highest BCUT2D eigenvalue weighted by atomic mass is 16.2. The quantitative estimate of drug-likeness (QED) is 0.705. The minimum absolute atomic E-state index is 0.126. The molecule has 3 aromatic rings. The summed E-state index contributed by atoms with van der Waals surface area (Å²) in [4.78, 5) is 17.7. The summed E-state index contributed by atoms with van der Waals surface area (Å²) in [6.45, 7) is 5.54. The fraction of sp³-hybridized carbons (Fsp3) is 0.348. The zero-order chi connectivity index (χ0) is 18.8. The molecule has 1 aliphatic heterocycles. The van der Waals surface area contributed by atoms with E-state index >= 15 is 0 Å². The first-order valence-electron chi connectivity index (χ1n) is 9.78. The average Bonchev–Trinajstić information content (AvgIpc) is 2.89. The Bertz CT molecular complexity index is 931. The van der Waals surface area contributed by atoms with Gasteiger partial charge in [-0.1, -0.05) is 36.4 Å². The number of para-hydroxylation sites is 2. The van der Waals surface area contributed by atoms with Gasteiger partial charge in [0, 0.05) is 56.0 Å². The van der Waals surface area contributed by atoms with Crippen molar-refractivity contribution in [2.45, 2.75) is 19.3 Å². The number of aryl methyl sites for hydroxylation is 1. The number of benzene rings is 2. The molecule has 1 unspecified atom stereocenters. The molecule has 27 heavy (non-hydrogen) atoms. The van der Waals surface area contributed by atoms with Crippen molar-refractivity contribution in [2.24, 2.45) is 7.05 Å². The topological polar surface area (TPSA) is 28.5 Å². The fourth-order valence-electron chi connectivity index (χ4n) is 4.16. The third kappa shape index (κ3) is 3.44. The van der Waals surface area contributed by atoms with Gasteiger partial charge in [-0.3, -0.25) is 4.79 Å². The van der Waals surface area contributed by atoms with Crippen molar-refractivity contribution in [3.8, 4) is 0 Å². The molecule has 1 aromatic heterocycles. The van der Waals surface area contributed by atoms with Crippen LogP contribution in [0.25, 0.3) is 10.9 Å². The van der Waals surface area contributed by atoms with Crippen LogP contribution in [0.15, 0.2) is 60.8 Å². The van der Waals surface area contributed by atoms with Crippen LogP contribution in [0, 0.1) is 0 Å². The van der Waals surface area contributed by atoms with Gasteiger partial charge in [-0.05, 0) is 37.1 Å². The molecule has 0 bridgehead atoms. The van der Waals surface area contributed by atoms with Crippen LogP contribution in [0.1, 0.15) is 24.8 Å². The van der Waals surface area contributed by atoms with E-state index in [9.17, 15) is 4.79 Å². The summed E-state index contributed by atoms with van der Waals surface area (Å²) in [6, 6.07) is 18.8. The molecule has 1 fully saturated rings. The van der Waals surface area contributed by atoms with Crippen LogP contribution >= 0.6 is 0 Å². The van der Waals surface area contributed by atoms with Gasteiger partial charge in [0.05, 0.1) is 5.92 Å². The molecule has 2 aromatic carbocycles. The molecule has 4 heteroatoms. The molecule has 0 saturated carbocycles. The lowest BCUT2D eigenvalue weighted by Crippen LogP contribution is -2.37. The lowest BCUT2D eigenvalue weighted by molar-refractivity contribution is -0.132. The maximum atomic E-state index is 13.2. The summed E-state index contributed by atoms with van der Waals surface area (Å²) in [5.74, 6) is 0.112. The van der Waals surface area contributed by atoms with Crippen molar-refractivity contribution in [1.29, 1.82) is 0 Å². The molecule has 4 rings (SSSR count). The van der Waals surface area contributed by atoms with E-state index in [0.717, 1.165) is 38.2 Å². The molecule has 0 N–H and O–H groups in total. The van der Waals surface area contributed by atoms with Crippen molar-refractivity contribution >= 4 is 22.5 Å². The number of carbonyl (C=O) groups is 1. The second-order valence-electron chi connectivity index (χ2n) is 7.44. The molecule has 0 radical (unpaired) electrons. The number of hydrogen-bond acceptors (Lipinski definition) is 2. The SMILES string of the molecule is CC(C(=O)N1CCCN(c2ccccc2)CC1)c1cn(C)c2ccccc12. The van der Waals surface area contributed by atoms with Gasteiger partial charge in [0.25, 0.3) is 0 Å². The van der Waals surface area contributed by atoms with Gasteiger partial charge in [-0.15, -0.1) is 0 Å². The molecule has 1 saturated heterocycles.